The quantitative estimate of drug-likeness (QED) is 0.606. The Balaban J connectivity index is 2.19. The SMILES string of the molecule is CCC(CCO)NCC(=O)NC1CCCCCC1. The van der Waals surface area contributed by atoms with E-state index in [1.165, 1.54) is 25.7 Å². The molecule has 18 heavy (non-hydrogen) atoms. The molecule has 106 valence electrons. The molecular formula is C14H28N2O2. The van der Waals surface area contributed by atoms with Crippen LogP contribution in [0.25, 0.3) is 0 Å². The fourth-order valence-corrected chi connectivity index (χ4v) is 2.55. The third-order valence-electron chi connectivity index (χ3n) is 3.74. The van der Waals surface area contributed by atoms with Crippen LogP contribution in [-0.2, 0) is 4.79 Å². The van der Waals surface area contributed by atoms with Crippen molar-refractivity contribution >= 4 is 5.91 Å². The van der Waals surface area contributed by atoms with E-state index in [1.807, 2.05) is 0 Å². The number of aliphatic hydroxyl groups excluding tert-OH is 1. The Morgan fingerprint density at radius 3 is 2.50 bits per heavy atom. The van der Waals surface area contributed by atoms with Crippen molar-refractivity contribution in [1.29, 1.82) is 0 Å². The molecule has 0 bridgehead atoms. The van der Waals surface area contributed by atoms with Gasteiger partial charge < -0.3 is 15.7 Å². The van der Waals surface area contributed by atoms with Gasteiger partial charge in [0.25, 0.3) is 0 Å². The van der Waals surface area contributed by atoms with Gasteiger partial charge in [-0.1, -0.05) is 32.6 Å². The summed E-state index contributed by atoms with van der Waals surface area (Å²) in [5, 5.41) is 15.2. The summed E-state index contributed by atoms with van der Waals surface area (Å²) in [4.78, 5) is 11.8. The molecule has 0 aromatic heterocycles. The van der Waals surface area contributed by atoms with Crippen LogP contribution in [0.1, 0.15) is 58.3 Å². The summed E-state index contributed by atoms with van der Waals surface area (Å²) in [7, 11) is 0. The van der Waals surface area contributed by atoms with Crippen LogP contribution >= 0.6 is 0 Å². The van der Waals surface area contributed by atoms with Gasteiger partial charge in [0.05, 0.1) is 6.54 Å². The van der Waals surface area contributed by atoms with E-state index in [2.05, 4.69) is 17.6 Å². The van der Waals surface area contributed by atoms with Crippen LogP contribution in [0.5, 0.6) is 0 Å². The van der Waals surface area contributed by atoms with E-state index >= 15 is 0 Å². The number of amides is 1. The van der Waals surface area contributed by atoms with Crippen molar-refractivity contribution in [3.63, 3.8) is 0 Å². The first-order valence-electron chi connectivity index (χ1n) is 7.39. The summed E-state index contributed by atoms with van der Waals surface area (Å²) >= 11 is 0. The van der Waals surface area contributed by atoms with Crippen molar-refractivity contribution in [3.05, 3.63) is 0 Å². The summed E-state index contributed by atoms with van der Waals surface area (Å²) in [5.74, 6) is 0.0956. The molecule has 0 spiro atoms. The first kappa shape index (κ1) is 15.4. The highest BCUT2D eigenvalue weighted by Gasteiger charge is 2.15. The van der Waals surface area contributed by atoms with E-state index in [1.54, 1.807) is 0 Å². The summed E-state index contributed by atoms with van der Waals surface area (Å²) in [6.45, 7) is 2.61. The van der Waals surface area contributed by atoms with Crippen LogP contribution in [-0.4, -0.2) is 36.2 Å². The maximum Gasteiger partial charge on any atom is 0.234 e. The second-order valence-electron chi connectivity index (χ2n) is 5.25. The molecule has 1 unspecified atom stereocenters. The Bertz CT molecular complexity index is 226. The monoisotopic (exact) mass is 256 g/mol. The normalized spacial score (nSPS) is 19.2. The standard InChI is InChI=1S/C14H28N2O2/c1-2-12(9-10-17)15-11-14(18)16-13-7-5-3-4-6-8-13/h12-13,15,17H,2-11H2,1H3,(H,16,18). The molecular weight excluding hydrogens is 228 g/mol. The van der Waals surface area contributed by atoms with Gasteiger partial charge in [0.15, 0.2) is 0 Å². The van der Waals surface area contributed by atoms with E-state index < -0.39 is 0 Å². The maximum atomic E-state index is 11.8. The highest BCUT2D eigenvalue weighted by molar-refractivity contribution is 5.78. The van der Waals surface area contributed by atoms with E-state index in [0.717, 1.165) is 19.3 Å². The summed E-state index contributed by atoms with van der Waals surface area (Å²) in [5.41, 5.74) is 0. The highest BCUT2D eigenvalue weighted by atomic mass is 16.3. The predicted octanol–water partition coefficient (Wildman–Crippen LogP) is 1.58. The third-order valence-corrected chi connectivity index (χ3v) is 3.74. The van der Waals surface area contributed by atoms with Gasteiger partial charge in [-0.15, -0.1) is 0 Å². The number of nitrogens with one attached hydrogen (secondary N) is 2. The average molecular weight is 256 g/mol. The molecule has 1 amide bonds. The third kappa shape index (κ3) is 6.36. The van der Waals surface area contributed by atoms with Crippen LogP contribution in [0, 0.1) is 0 Å². The largest absolute Gasteiger partial charge is 0.396 e. The van der Waals surface area contributed by atoms with Crippen LogP contribution in [0.3, 0.4) is 0 Å². The van der Waals surface area contributed by atoms with Crippen LogP contribution in [0.2, 0.25) is 0 Å². The van der Waals surface area contributed by atoms with E-state index in [0.29, 0.717) is 19.0 Å². The lowest BCUT2D eigenvalue weighted by Crippen LogP contribution is -2.43. The minimum Gasteiger partial charge on any atom is -0.396 e. The number of carbonyl (C=O) groups is 1. The maximum absolute atomic E-state index is 11.8. The Labute approximate surface area is 111 Å². The van der Waals surface area contributed by atoms with Gasteiger partial charge in [0.2, 0.25) is 5.91 Å². The fraction of sp³-hybridized carbons (Fsp3) is 0.929. The molecule has 0 aromatic carbocycles. The van der Waals surface area contributed by atoms with Crippen LogP contribution in [0.15, 0.2) is 0 Å². The molecule has 1 aliphatic rings. The van der Waals surface area contributed by atoms with Crippen LogP contribution < -0.4 is 10.6 Å². The molecule has 0 heterocycles. The Morgan fingerprint density at radius 2 is 1.94 bits per heavy atom. The molecule has 1 rings (SSSR count). The molecule has 0 aliphatic heterocycles. The number of hydrogen-bond acceptors (Lipinski definition) is 3. The molecule has 0 radical (unpaired) electrons. The lowest BCUT2D eigenvalue weighted by atomic mass is 10.1. The molecule has 1 aliphatic carbocycles. The predicted molar refractivity (Wildman–Crippen MR) is 73.4 cm³/mol. The van der Waals surface area contributed by atoms with E-state index in [4.69, 9.17) is 5.11 Å². The van der Waals surface area contributed by atoms with Crippen molar-refractivity contribution < 1.29 is 9.90 Å². The number of hydrogen-bond donors (Lipinski definition) is 3. The molecule has 1 saturated carbocycles. The molecule has 1 fully saturated rings. The first-order valence-corrected chi connectivity index (χ1v) is 7.39. The van der Waals surface area contributed by atoms with Crippen molar-refractivity contribution in [2.45, 2.75) is 70.4 Å². The number of rotatable bonds is 7. The second-order valence-corrected chi connectivity index (χ2v) is 5.25. The molecule has 1 atom stereocenters. The number of aliphatic hydroxyl groups is 1. The van der Waals surface area contributed by atoms with Crippen molar-refractivity contribution in [3.8, 4) is 0 Å². The van der Waals surface area contributed by atoms with Crippen molar-refractivity contribution in [2.24, 2.45) is 0 Å². The first-order chi connectivity index (χ1) is 8.76. The molecule has 4 heteroatoms. The van der Waals surface area contributed by atoms with Crippen molar-refractivity contribution in [1.82, 2.24) is 10.6 Å². The van der Waals surface area contributed by atoms with Crippen LogP contribution in [0.4, 0.5) is 0 Å². The Morgan fingerprint density at radius 1 is 1.28 bits per heavy atom. The lowest BCUT2D eigenvalue weighted by Gasteiger charge is -2.19. The smallest absolute Gasteiger partial charge is 0.234 e. The Kier molecular flexibility index (Phi) is 8.01. The Hall–Kier alpha value is -0.610. The minimum atomic E-state index is 0.0956. The highest BCUT2D eigenvalue weighted by Crippen LogP contribution is 2.16. The van der Waals surface area contributed by atoms with Gasteiger partial charge in [-0.3, -0.25) is 4.79 Å². The summed E-state index contributed by atoms with van der Waals surface area (Å²) < 4.78 is 0. The average Bonchev–Trinajstić information content (AvgIpc) is 2.63. The van der Waals surface area contributed by atoms with Gasteiger partial charge >= 0.3 is 0 Å². The van der Waals surface area contributed by atoms with Gasteiger partial charge in [-0.25, -0.2) is 0 Å². The lowest BCUT2D eigenvalue weighted by molar-refractivity contribution is -0.121. The van der Waals surface area contributed by atoms with Gasteiger partial charge in [-0.05, 0) is 25.7 Å². The second kappa shape index (κ2) is 9.34. The zero-order valence-electron chi connectivity index (χ0n) is 11.6. The summed E-state index contributed by atoms with van der Waals surface area (Å²) in [6, 6.07) is 0.620. The fourth-order valence-electron chi connectivity index (χ4n) is 2.55. The molecule has 0 saturated heterocycles. The molecule has 0 aromatic rings. The van der Waals surface area contributed by atoms with Gasteiger partial charge in [0.1, 0.15) is 0 Å². The molecule has 4 nitrogen and oxygen atoms in total. The van der Waals surface area contributed by atoms with Gasteiger partial charge in [-0.2, -0.15) is 0 Å². The van der Waals surface area contributed by atoms with Gasteiger partial charge in [0, 0.05) is 18.7 Å². The number of carbonyl (C=O) groups excluding carboxylic acids is 1. The topological polar surface area (TPSA) is 61.4 Å². The molecule has 3 N–H and O–H groups in total. The summed E-state index contributed by atoms with van der Waals surface area (Å²) in [6.07, 6.45) is 8.99. The van der Waals surface area contributed by atoms with E-state index in [9.17, 15) is 4.79 Å². The minimum absolute atomic E-state index is 0.0956. The zero-order valence-corrected chi connectivity index (χ0v) is 11.6. The van der Waals surface area contributed by atoms with Crippen molar-refractivity contribution in [2.75, 3.05) is 13.2 Å². The zero-order chi connectivity index (χ0) is 13.2. The van der Waals surface area contributed by atoms with E-state index in [-0.39, 0.29) is 18.6 Å².